The number of aryl methyl sites for hydroxylation is 1. The lowest BCUT2D eigenvalue weighted by molar-refractivity contribution is 0.0696. The van der Waals surface area contributed by atoms with E-state index >= 15 is 0 Å². The SMILES string of the molecule is CCCCCCNCc1cc(C(=O)O)c(C)[nH]1. The molecule has 0 aliphatic rings. The number of nitrogens with one attached hydrogen (secondary N) is 2. The van der Waals surface area contributed by atoms with Crippen molar-refractivity contribution < 1.29 is 9.90 Å². The Balaban J connectivity index is 2.27. The van der Waals surface area contributed by atoms with Crippen molar-refractivity contribution in [2.24, 2.45) is 0 Å². The second kappa shape index (κ2) is 7.12. The highest BCUT2D eigenvalue weighted by atomic mass is 16.4. The average Bonchev–Trinajstić information content (AvgIpc) is 2.65. The predicted molar refractivity (Wildman–Crippen MR) is 68.3 cm³/mol. The summed E-state index contributed by atoms with van der Waals surface area (Å²) < 4.78 is 0. The molecule has 3 N–H and O–H groups in total. The molecular formula is C13H22N2O2. The summed E-state index contributed by atoms with van der Waals surface area (Å²) in [5, 5.41) is 12.2. The number of aromatic nitrogens is 1. The van der Waals surface area contributed by atoms with Gasteiger partial charge in [-0.25, -0.2) is 4.79 Å². The number of hydrogen-bond acceptors (Lipinski definition) is 2. The fraction of sp³-hybridized carbons (Fsp3) is 0.615. The second-order valence-electron chi connectivity index (χ2n) is 4.38. The summed E-state index contributed by atoms with van der Waals surface area (Å²) in [6, 6.07) is 1.71. The molecule has 0 atom stereocenters. The fourth-order valence-electron chi connectivity index (χ4n) is 1.84. The zero-order valence-electron chi connectivity index (χ0n) is 10.7. The molecule has 4 nitrogen and oxygen atoms in total. The topological polar surface area (TPSA) is 65.1 Å². The summed E-state index contributed by atoms with van der Waals surface area (Å²) in [5.41, 5.74) is 2.03. The van der Waals surface area contributed by atoms with Crippen LogP contribution in [0.2, 0.25) is 0 Å². The molecule has 0 radical (unpaired) electrons. The highest BCUT2D eigenvalue weighted by Crippen LogP contribution is 2.09. The van der Waals surface area contributed by atoms with Crippen LogP contribution in [0.25, 0.3) is 0 Å². The van der Waals surface area contributed by atoms with Gasteiger partial charge in [-0.2, -0.15) is 0 Å². The number of aromatic carboxylic acids is 1. The van der Waals surface area contributed by atoms with E-state index in [1.165, 1.54) is 25.7 Å². The molecule has 4 heteroatoms. The first-order valence-corrected chi connectivity index (χ1v) is 6.27. The van der Waals surface area contributed by atoms with Gasteiger partial charge in [0.15, 0.2) is 0 Å². The zero-order valence-corrected chi connectivity index (χ0v) is 10.7. The Morgan fingerprint density at radius 3 is 2.76 bits per heavy atom. The van der Waals surface area contributed by atoms with Crippen molar-refractivity contribution in [3.63, 3.8) is 0 Å². The highest BCUT2D eigenvalue weighted by Gasteiger charge is 2.10. The molecule has 1 rings (SSSR count). The summed E-state index contributed by atoms with van der Waals surface area (Å²) in [6.45, 7) is 5.68. The molecule has 96 valence electrons. The Morgan fingerprint density at radius 1 is 1.41 bits per heavy atom. The standard InChI is InChI=1S/C13H22N2O2/c1-3-4-5-6-7-14-9-11-8-12(13(16)17)10(2)15-11/h8,14-15H,3-7,9H2,1-2H3,(H,16,17). The van der Waals surface area contributed by atoms with Gasteiger partial charge in [-0.1, -0.05) is 26.2 Å². The number of aromatic amines is 1. The van der Waals surface area contributed by atoms with Gasteiger partial charge in [-0.3, -0.25) is 0 Å². The van der Waals surface area contributed by atoms with Crippen molar-refractivity contribution in [1.29, 1.82) is 0 Å². The van der Waals surface area contributed by atoms with Gasteiger partial charge in [0.1, 0.15) is 0 Å². The molecule has 0 aliphatic carbocycles. The van der Waals surface area contributed by atoms with Crippen LogP contribution in [0.4, 0.5) is 0 Å². The van der Waals surface area contributed by atoms with Crippen molar-refractivity contribution in [3.8, 4) is 0 Å². The first kappa shape index (κ1) is 13.8. The quantitative estimate of drug-likeness (QED) is 0.610. The molecule has 0 amide bonds. The number of hydrogen-bond donors (Lipinski definition) is 3. The second-order valence-corrected chi connectivity index (χ2v) is 4.38. The third-order valence-corrected chi connectivity index (χ3v) is 2.82. The van der Waals surface area contributed by atoms with Crippen LogP contribution >= 0.6 is 0 Å². The highest BCUT2D eigenvalue weighted by molar-refractivity contribution is 5.89. The maximum Gasteiger partial charge on any atom is 0.337 e. The van der Waals surface area contributed by atoms with Gasteiger partial charge < -0.3 is 15.4 Å². The van der Waals surface area contributed by atoms with Crippen LogP contribution < -0.4 is 5.32 Å². The Kier molecular flexibility index (Phi) is 5.77. The monoisotopic (exact) mass is 238 g/mol. The molecule has 1 aromatic rings. The number of carboxylic acids is 1. The molecule has 0 bridgehead atoms. The van der Waals surface area contributed by atoms with E-state index in [2.05, 4.69) is 17.2 Å². The lowest BCUT2D eigenvalue weighted by Gasteiger charge is -2.02. The summed E-state index contributed by atoms with van der Waals surface area (Å²) in [5.74, 6) is -0.868. The third kappa shape index (κ3) is 4.61. The number of carbonyl (C=O) groups is 1. The van der Waals surface area contributed by atoms with Gasteiger partial charge in [0.05, 0.1) is 5.56 Å². The lowest BCUT2D eigenvalue weighted by Crippen LogP contribution is -2.14. The van der Waals surface area contributed by atoms with E-state index in [0.717, 1.165) is 17.9 Å². The Bertz CT molecular complexity index is 358. The smallest absolute Gasteiger partial charge is 0.337 e. The number of unbranched alkanes of at least 4 members (excludes halogenated alkanes) is 3. The van der Waals surface area contributed by atoms with Crippen LogP contribution in [0.5, 0.6) is 0 Å². The van der Waals surface area contributed by atoms with E-state index in [4.69, 9.17) is 5.11 Å². The summed E-state index contributed by atoms with van der Waals surface area (Å²) in [6.07, 6.45) is 4.97. The largest absolute Gasteiger partial charge is 0.478 e. The van der Waals surface area contributed by atoms with Crippen LogP contribution in [-0.4, -0.2) is 22.6 Å². The molecular weight excluding hydrogens is 216 g/mol. The van der Waals surface area contributed by atoms with E-state index in [1.807, 2.05) is 0 Å². The van der Waals surface area contributed by atoms with Crippen LogP contribution in [-0.2, 0) is 6.54 Å². The first-order chi connectivity index (χ1) is 8.15. The molecule has 0 saturated carbocycles. The molecule has 0 fully saturated rings. The lowest BCUT2D eigenvalue weighted by atomic mass is 10.2. The van der Waals surface area contributed by atoms with Gasteiger partial charge >= 0.3 is 5.97 Å². The molecule has 0 saturated heterocycles. The molecule has 0 unspecified atom stereocenters. The summed E-state index contributed by atoms with van der Waals surface area (Å²) in [7, 11) is 0. The normalized spacial score (nSPS) is 10.7. The van der Waals surface area contributed by atoms with Crippen molar-refractivity contribution in [2.45, 2.75) is 46.1 Å². The number of H-pyrrole nitrogens is 1. The van der Waals surface area contributed by atoms with Crippen LogP contribution in [0.1, 0.15) is 54.4 Å². The van der Waals surface area contributed by atoms with E-state index in [0.29, 0.717) is 12.1 Å². The predicted octanol–water partition coefficient (Wildman–Crippen LogP) is 2.69. The van der Waals surface area contributed by atoms with Crippen LogP contribution in [0, 0.1) is 6.92 Å². The summed E-state index contributed by atoms with van der Waals surface area (Å²) >= 11 is 0. The minimum atomic E-state index is -0.868. The molecule has 0 aromatic carbocycles. The van der Waals surface area contributed by atoms with Crippen molar-refractivity contribution in [3.05, 3.63) is 23.0 Å². The summed E-state index contributed by atoms with van der Waals surface area (Å²) in [4.78, 5) is 13.9. The molecule has 1 heterocycles. The average molecular weight is 238 g/mol. The van der Waals surface area contributed by atoms with Gasteiger partial charge in [0.25, 0.3) is 0 Å². The Labute approximate surface area is 102 Å². The molecule has 1 aromatic heterocycles. The van der Waals surface area contributed by atoms with Crippen molar-refractivity contribution in [2.75, 3.05) is 6.54 Å². The maximum absolute atomic E-state index is 10.8. The van der Waals surface area contributed by atoms with Crippen LogP contribution in [0.15, 0.2) is 6.07 Å². The van der Waals surface area contributed by atoms with Gasteiger partial charge in [-0.15, -0.1) is 0 Å². The van der Waals surface area contributed by atoms with E-state index < -0.39 is 5.97 Å². The minimum absolute atomic E-state index is 0.368. The number of carboxylic acid groups (broad SMARTS) is 1. The molecule has 0 spiro atoms. The van der Waals surface area contributed by atoms with Crippen molar-refractivity contribution >= 4 is 5.97 Å². The van der Waals surface area contributed by atoms with Crippen molar-refractivity contribution in [1.82, 2.24) is 10.3 Å². The molecule has 0 aliphatic heterocycles. The Morgan fingerprint density at radius 2 is 2.18 bits per heavy atom. The van der Waals surface area contributed by atoms with E-state index in [-0.39, 0.29) is 0 Å². The van der Waals surface area contributed by atoms with Crippen LogP contribution in [0.3, 0.4) is 0 Å². The van der Waals surface area contributed by atoms with E-state index in [1.54, 1.807) is 13.0 Å². The van der Waals surface area contributed by atoms with Gasteiger partial charge in [-0.05, 0) is 26.0 Å². The third-order valence-electron chi connectivity index (χ3n) is 2.82. The molecule has 17 heavy (non-hydrogen) atoms. The van der Waals surface area contributed by atoms with Gasteiger partial charge in [0, 0.05) is 17.9 Å². The zero-order chi connectivity index (χ0) is 12.7. The van der Waals surface area contributed by atoms with E-state index in [9.17, 15) is 4.79 Å². The fourth-order valence-corrected chi connectivity index (χ4v) is 1.84. The number of rotatable bonds is 8. The maximum atomic E-state index is 10.8. The minimum Gasteiger partial charge on any atom is -0.478 e. The van der Waals surface area contributed by atoms with Gasteiger partial charge in [0.2, 0.25) is 0 Å². The Hall–Kier alpha value is -1.29. The first-order valence-electron chi connectivity index (χ1n) is 6.27.